The molecule has 0 fully saturated rings. The minimum Gasteiger partial charge on any atom is -0.493 e. The fourth-order valence-corrected chi connectivity index (χ4v) is 2.92. The second-order valence-electron chi connectivity index (χ2n) is 5.59. The van der Waals surface area contributed by atoms with Crippen molar-refractivity contribution in [3.05, 3.63) is 59.7 Å². The standard InChI is InChI=1S/C19H18N2O4S/c1-13-7-9-14(10-8-13)17-20-21-19(25-17)26-12-4-11-24-16-6-3-2-5-15(16)18(22)23/h2-3,5-10H,4,11-12H2,1H3,(H,22,23). The molecule has 0 bridgehead atoms. The summed E-state index contributed by atoms with van der Waals surface area (Å²) < 4.78 is 11.2. The number of thioether (sulfide) groups is 1. The van der Waals surface area contributed by atoms with Crippen molar-refractivity contribution >= 4 is 17.7 Å². The number of ether oxygens (including phenoxy) is 1. The van der Waals surface area contributed by atoms with Gasteiger partial charge in [-0.05, 0) is 37.6 Å². The summed E-state index contributed by atoms with van der Waals surface area (Å²) in [6, 6.07) is 14.5. The number of carboxylic acids is 1. The van der Waals surface area contributed by atoms with Crippen LogP contribution in [0.15, 0.2) is 58.2 Å². The third kappa shape index (κ3) is 4.64. The molecule has 1 heterocycles. The number of rotatable bonds is 8. The SMILES string of the molecule is Cc1ccc(-c2nnc(SCCCOc3ccccc3C(=O)O)o2)cc1. The first-order chi connectivity index (χ1) is 12.6. The number of para-hydroxylation sites is 1. The van der Waals surface area contributed by atoms with Crippen LogP contribution in [0.4, 0.5) is 0 Å². The summed E-state index contributed by atoms with van der Waals surface area (Å²) in [5, 5.41) is 17.7. The zero-order valence-corrected chi connectivity index (χ0v) is 15.0. The van der Waals surface area contributed by atoms with E-state index in [1.54, 1.807) is 18.2 Å². The van der Waals surface area contributed by atoms with Gasteiger partial charge in [0.05, 0.1) is 6.61 Å². The first kappa shape index (κ1) is 18.0. The lowest BCUT2D eigenvalue weighted by Crippen LogP contribution is -2.04. The van der Waals surface area contributed by atoms with Crippen LogP contribution in [0.3, 0.4) is 0 Å². The molecule has 6 nitrogen and oxygen atoms in total. The molecule has 0 unspecified atom stereocenters. The monoisotopic (exact) mass is 370 g/mol. The second-order valence-corrected chi connectivity index (χ2v) is 6.64. The lowest BCUT2D eigenvalue weighted by atomic mass is 10.1. The van der Waals surface area contributed by atoms with Gasteiger partial charge in [-0.15, -0.1) is 10.2 Å². The Hall–Kier alpha value is -2.80. The Morgan fingerprint density at radius 1 is 1.15 bits per heavy atom. The predicted octanol–water partition coefficient (Wildman–Crippen LogP) is 4.30. The minimum absolute atomic E-state index is 0.166. The van der Waals surface area contributed by atoms with Gasteiger partial charge >= 0.3 is 5.97 Å². The van der Waals surface area contributed by atoms with Gasteiger partial charge in [0.15, 0.2) is 0 Å². The van der Waals surface area contributed by atoms with Crippen LogP contribution in [0.5, 0.6) is 5.75 Å². The molecule has 26 heavy (non-hydrogen) atoms. The maximum Gasteiger partial charge on any atom is 0.339 e. The molecule has 0 aliphatic carbocycles. The van der Waals surface area contributed by atoms with Gasteiger partial charge in [0, 0.05) is 11.3 Å². The van der Waals surface area contributed by atoms with Crippen molar-refractivity contribution < 1.29 is 19.1 Å². The van der Waals surface area contributed by atoms with Crippen LogP contribution in [-0.4, -0.2) is 33.6 Å². The lowest BCUT2D eigenvalue weighted by molar-refractivity contribution is 0.0692. The Kier molecular flexibility index (Phi) is 5.91. The summed E-state index contributed by atoms with van der Waals surface area (Å²) in [6.45, 7) is 2.44. The van der Waals surface area contributed by atoms with E-state index in [4.69, 9.17) is 14.3 Å². The molecule has 1 aromatic heterocycles. The van der Waals surface area contributed by atoms with Crippen molar-refractivity contribution in [1.82, 2.24) is 10.2 Å². The summed E-state index contributed by atoms with van der Waals surface area (Å²) in [5.41, 5.74) is 2.23. The van der Waals surface area contributed by atoms with E-state index in [-0.39, 0.29) is 5.56 Å². The molecule has 2 aromatic carbocycles. The van der Waals surface area contributed by atoms with E-state index in [1.807, 2.05) is 31.2 Å². The first-order valence-electron chi connectivity index (χ1n) is 8.12. The van der Waals surface area contributed by atoms with Crippen molar-refractivity contribution in [2.24, 2.45) is 0 Å². The molecule has 134 valence electrons. The highest BCUT2D eigenvalue weighted by Gasteiger charge is 2.11. The highest BCUT2D eigenvalue weighted by Crippen LogP contribution is 2.24. The third-order valence-electron chi connectivity index (χ3n) is 3.59. The van der Waals surface area contributed by atoms with E-state index in [0.29, 0.717) is 23.5 Å². The summed E-state index contributed by atoms with van der Waals surface area (Å²) in [4.78, 5) is 11.1. The second kappa shape index (κ2) is 8.53. The first-order valence-corrected chi connectivity index (χ1v) is 9.10. The summed E-state index contributed by atoms with van der Waals surface area (Å²) in [7, 11) is 0. The van der Waals surface area contributed by atoms with Crippen LogP contribution < -0.4 is 4.74 Å². The van der Waals surface area contributed by atoms with Crippen LogP contribution in [0.25, 0.3) is 11.5 Å². The molecule has 0 atom stereocenters. The van der Waals surface area contributed by atoms with E-state index >= 15 is 0 Å². The third-order valence-corrected chi connectivity index (χ3v) is 4.50. The number of benzene rings is 2. The van der Waals surface area contributed by atoms with E-state index < -0.39 is 5.97 Å². The Balaban J connectivity index is 1.46. The van der Waals surface area contributed by atoms with Crippen molar-refractivity contribution in [3.8, 4) is 17.2 Å². The largest absolute Gasteiger partial charge is 0.493 e. The highest BCUT2D eigenvalue weighted by atomic mass is 32.2. The van der Waals surface area contributed by atoms with Gasteiger partial charge in [-0.2, -0.15) is 0 Å². The molecule has 0 saturated carbocycles. The summed E-state index contributed by atoms with van der Waals surface area (Å²) >= 11 is 1.45. The molecule has 3 rings (SSSR count). The van der Waals surface area contributed by atoms with Gasteiger partial charge in [0.25, 0.3) is 5.22 Å². The number of aromatic nitrogens is 2. The number of aromatic carboxylic acids is 1. The molecule has 0 radical (unpaired) electrons. The fraction of sp³-hybridized carbons (Fsp3) is 0.211. The molecule has 0 spiro atoms. The van der Waals surface area contributed by atoms with Crippen LogP contribution in [0, 0.1) is 6.92 Å². The van der Waals surface area contributed by atoms with Crippen molar-refractivity contribution in [3.63, 3.8) is 0 Å². The van der Waals surface area contributed by atoms with Crippen molar-refractivity contribution in [2.75, 3.05) is 12.4 Å². The number of aryl methyl sites for hydroxylation is 1. The Morgan fingerprint density at radius 2 is 1.92 bits per heavy atom. The maximum atomic E-state index is 11.1. The molecule has 0 amide bonds. The molecule has 1 N–H and O–H groups in total. The molecular weight excluding hydrogens is 352 g/mol. The number of nitrogens with zero attached hydrogens (tertiary/aromatic N) is 2. The molecule has 0 aliphatic heterocycles. The van der Waals surface area contributed by atoms with E-state index in [1.165, 1.54) is 23.4 Å². The van der Waals surface area contributed by atoms with Crippen LogP contribution in [0.2, 0.25) is 0 Å². The van der Waals surface area contributed by atoms with Crippen LogP contribution in [-0.2, 0) is 0 Å². The van der Waals surface area contributed by atoms with Gasteiger partial charge in [-0.25, -0.2) is 4.79 Å². The maximum absolute atomic E-state index is 11.1. The molecule has 0 saturated heterocycles. The van der Waals surface area contributed by atoms with Crippen LogP contribution >= 0.6 is 11.8 Å². The lowest BCUT2D eigenvalue weighted by Gasteiger charge is -2.08. The molecule has 3 aromatic rings. The topological polar surface area (TPSA) is 85.5 Å². The van der Waals surface area contributed by atoms with Gasteiger partial charge in [0.2, 0.25) is 5.89 Å². The quantitative estimate of drug-likeness (QED) is 0.467. The molecular formula is C19H18N2O4S. The van der Waals surface area contributed by atoms with Gasteiger partial charge in [0.1, 0.15) is 11.3 Å². The van der Waals surface area contributed by atoms with Gasteiger partial charge < -0.3 is 14.3 Å². The summed E-state index contributed by atoms with van der Waals surface area (Å²) in [6.07, 6.45) is 0.723. The molecule has 7 heteroatoms. The van der Waals surface area contributed by atoms with E-state index in [9.17, 15) is 4.79 Å². The Bertz CT molecular complexity index is 877. The van der Waals surface area contributed by atoms with Gasteiger partial charge in [-0.1, -0.05) is 41.6 Å². The van der Waals surface area contributed by atoms with E-state index in [2.05, 4.69) is 10.2 Å². The van der Waals surface area contributed by atoms with Crippen molar-refractivity contribution in [1.29, 1.82) is 0 Å². The Labute approximate surface area is 155 Å². The van der Waals surface area contributed by atoms with Crippen molar-refractivity contribution in [2.45, 2.75) is 18.6 Å². The average molecular weight is 370 g/mol. The Morgan fingerprint density at radius 3 is 2.69 bits per heavy atom. The minimum atomic E-state index is -0.996. The zero-order chi connectivity index (χ0) is 18.4. The number of hydrogen-bond acceptors (Lipinski definition) is 6. The zero-order valence-electron chi connectivity index (χ0n) is 14.2. The summed E-state index contributed by atoms with van der Waals surface area (Å²) in [5.74, 6) is 0.609. The normalized spacial score (nSPS) is 10.7. The fourth-order valence-electron chi connectivity index (χ4n) is 2.25. The number of carbonyl (C=O) groups is 1. The molecule has 0 aliphatic rings. The van der Waals surface area contributed by atoms with Crippen LogP contribution in [0.1, 0.15) is 22.3 Å². The number of carboxylic acid groups (broad SMARTS) is 1. The van der Waals surface area contributed by atoms with E-state index in [0.717, 1.165) is 17.7 Å². The number of hydrogen-bond donors (Lipinski definition) is 1. The predicted molar refractivity (Wildman–Crippen MR) is 98.7 cm³/mol. The average Bonchev–Trinajstić information content (AvgIpc) is 3.11. The smallest absolute Gasteiger partial charge is 0.339 e. The highest BCUT2D eigenvalue weighted by molar-refractivity contribution is 7.99. The van der Waals surface area contributed by atoms with Gasteiger partial charge in [-0.3, -0.25) is 0 Å².